The van der Waals surface area contributed by atoms with Gasteiger partial charge in [0.25, 0.3) is 0 Å². The van der Waals surface area contributed by atoms with Crippen molar-refractivity contribution < 1.29 is 31.6 Å². The largest absolute Gasteiger partial charge is 0.591 e. The zero-order valence-electron chi connectivity index (χ0n) is 15.5. The number of alkyl halides is 3. The average Bonchev–Trinajstić information content (AvgIpc) is 2.51. The number of phenolic OH excluding ortho intramolecular Hbond substituents is 1. The summed E-state index contributed by atoms with van der Waals surface area (Å²) in [4.78, 5) is 0. The number of benzene rings is 2. The zero-order valence-corrected chi connectivity index (χ0v) is 16.3. The second kappa shape index (κ2) is 7.71. The smallest absolute Gasteiger partial charge is 0.419 e. The Morgan fingerprint density at radius 2 is 1.68 bits per heavy atom. The van der Waals surface area contributed by atoms with E-state index in [-0.39, 0.29) is 16.7 Å². The monoisotopic (exact) mass is 419 g/mol. The lowest BCUT2D eigenvalue weighted by Gasteiger charge is -2.18. The van der Waals surface area contributed by atoms with Gasteiger partial charge < -0.3 is 9.66 Å². The molecule has 9 heteroatoms. The fourth-order valence-electron chi connectivity index (χ4n) is 2.46. The molecule has 0 aliphatic carbocycles. The highest BCUT2D eigenvalue weighted by Gasteiger charge is 2.36. The first-order valence-corrected chi connectivity index (χ1v) is 9.18. The van der Waals surface area contributed by atoms with Gasteiger partial charge in [-0.15, -0.1) is 0 Å². The Bertz CT molecular complexity index is 897. The maximum atomic E-state index is 14.4. The summed E-state index contributed by atoms with van der Waals surface area (Å²) in [5.74, 6) is -2.93. The predicted molar refractivity (Wildman–Crippen MR) is 98.7 cm³/mol. The number of halogens is 5. The summed E-state index contributed by atoms with van der Waals surface area (Å²) in [6.45, 7) is 6.22. The summed E-state index contributed by atoms with van der Waals surface area (Å²) in [6.07, 6.45) is -4.25. The number of aromatic hydroxyl groups is 1. The molecule has 0 aliphatic heterocycles. The van der Waals surface area contributed by atoms with E-state index in [1.165, 1.54) is 6.92 Å². The van der Waals surface area contributed by atoms with E-state index < -0.39 is 50.8 Å². The molecule has 0 saturated carbocycles. The van der Waals surface area contributed by atoms with Gasteiger partial charge in [-0.1, -0.05) is 4.40 Å². The molecule has 0 aliphatic rings. The lowest BCUT2D eigenvalue weighted by Crippen LogP contribution is -2.26. The van der Waals surface area contributed by atoms with E-state index in [4.69, 9.17) is 0 Å². The molecule has 1 atom stereocenters. The van der Waals surface area contributed by atoms with Crippen LogP contribution in [0.15, 0.2) is 28.7 Å². The fraction of sp³-hybridized carbons (Fsp3) is 0.316. The van der Waals surface area contributed by atoms with Crippen LogP contribution < -0.4 is 0 Å². The molecule has 2 aromatic carbocycles. The van der Waals surface area contributed by atoms with Gasteiger partial charge in [0.15, 0.2) is 0 Å². The maximum absolute atomic E-state index is 14.4. The second-order valence-corrected chi connectivity index (χ2v) is 9.07. The molecule has 0 radical (unpaired) electrons. The van der Waals surface area contributed by atoms with Gasteiger partial charge in [-0.05, 0) is 57.0 Å². The SMILES string of the molecule is Cc1cc(F)cc(O)c1-c1cc(/C=N/[S@+]([O-])C(C)(C)C)c(F)c(C(F)(F)F)c1. The van der Waals surface area contributed by atoms with Crippen LogP contribution in [0.2, 0.25) is 0 Å². The zero-order chi connectivity index (χ0) is 21.4. The van der Waals surface area contributed by atoms with Crippen molar-refractivity contribution in [3.63, 3.8) is 0 Å². The molecular weight excluding hydrogens is 401 g/mol. The predicted octanol–water partition coefficient (Wildman–Crippen LogP) is 5.55. The Kier molecular flexibility index (Phi) is 6.10. The van der Waals surface area contributed by atoms with E-state index in [2.05, 4.69) is 4.40 Å². The topological polar surface area (TPSA) is 55.7 Å². The first-order chi connectivity index (χ1) is 12.7. The molecule has 0 fully saturated rings. The summed E-state index contributed by atoms with van der Waals surface area (Å²) < 4.78 is 82.7. The Hall–Kier alpha value is -2.13. The van der Waals surface area contributed by atoms with Crippen LogP contribution in [0.1, 0.15) is 37.5 Å². The van der Waals surface area contributed by atoms with Gasteiger partial charge in [-0.3, -0.25) is 0 Å². The van der Waals surface area contributed by atoms with Crippen molar-refractivity contribution in [2.75, 3.05) is 0 Å². The van der Waals surface area contributed by atoms with Crippen LogP contribution >= 0.6 is 0 Å². The van der Waals surface area contributed by atoms with E-state index in [1.54, 1.807) is 20.8 Å². The lowest BCUT2D eigenvalue weighted by molar-refractivity contribution is -0.139. The standard InChI is InChI=1S/C19H18F5NO2S/c1-10-5-13(20)8-15(26)16(10)11-6-12(9-25-28(27)18(2,3)4)17(21)14(7-11)19(22,23)24/h5-9,26H,1-4H3/b25-9+/t28-/m1/s1. The maximum Gasteiger partial charge on any atom is 0.419 e. The molecule has 0 unspecified atom stereocenters. The van der Waals surface area contributed by atoms with Crippen molar-refractivity contribution in [3.05, 3.63) is 52.6 Å². The van der Waals surface area contributed by atoms with E-state index in [9.17, 15) is 31.6 Å². The minimum atomic E-state index is -5.02. The summed E-state index contributed by atoms with van der Waals surface area (Å²) in [5.41, 5.74) is -2.20. The van der Waals surface area contributed by atoms with Gasteiger partial charge in [0.1, 0.15) is 33.5 Å². The molecule has 2 aromatic rings. The number of hydrogen-bond acceptors (Lipinski definition) is 3. The number of rotatable bonds is 3. The Morgan fingerprint density at radius 3 is 2.18 bits per heavy atom. The Labute approximate surface area is 162 Å². The summed E-state index contributed by atoms with van der Waals surface area (Å²) >= 11 is -1.81. The van der Waals surface area contributed by atoms with Crippen LogP contribution in [-0.2, 0) is 17.5 Å². The van der Waals surface area contributed by atoms with Gasteiger partial charge >= 0.3 is 6.18 Å². The molecular formula is C19H18F5NO2S. The highest BCUT2D eigenvalue weighted by atomic mass is 32.2. The van der Waals surface area contributed by atoms with Crippen LogP contribution in [0.25, 0.3) is 11.1 Å². The normalized spacial score (nSPS) is 13.9. The van der Waals surface area contributed by atoms with Crippen LogP contribution in [-0.4, -0.2) is 20.6 Å². The van der Waals surface area contributed by atoms with Gasteiger partial charge in [0, 0.05) is 17.2 Å². The highest BCUT2D eigenvalue weighted by Crippen LogP contribution is 2.39. The van der Waals surface area contributed by atoms with Crippen molar-refractivity contribution in [1.29, 1.82) is 0 Å². The first kappa shape index (κ1) is 22.2. The van der Waals surface area contributed by atoms with E-state index in [0.29, 0.717) is 6.07 Å². The van der Waals surface area contributed by atoms with E-state index in [1.807, 2.05) is 0 Å². The quantitative estimate of drug-likeness (QED) is 0.403. The van der Waals surface area contributed by atoms with Crippen LogP contribution in [0.5, 0.6) is 5.75 Å². The molecule has 0 amide bonds. The lowest BCUT2D eigenvalue weighted by atomic mass is 9.95. The summed E-state index contributed by atoms with van der Waals surface area (Å²) in [6, 6.07) is 3.36. The number of aryl methyl sites for hydroxylation is 1. The molecule has 2 rings (SSSR count). The van der Waals surface area contributed by atoms with Crippen LogP contribution in [0.4, 0.5) is 22.0 Å². The van der Waals surface area contributed by atoms with Crippen molar-refractivity contribution in [1.82, 2.24) is 0 Å². The second-order valence-electron chi connectivity index (χ2n) is 7.14. The van der Waals surface area contributed by atoms with Crippen molar-refractivity contribution in [3.8, 4) is 16.9 Å². The first-order valence-electron chi connectivity index (χ1n) is 8.08. The van der Waals surface area contributed by atoms with Crippen LogP contribution in [0, 0.1) is 18.6 Å². The number of hydrogen-bond donors (Lipinski definition) is 1. The van der Waals surface area contributed by atoms with Gasteiger partial charge in [0.2, 0.25) is 0 Å². The minimum absolute atomic E-state index is 0.0708. The van der Waals surface area contributed by atoms with Crippen molar-refractivity contribution >= 4 is 17.6 Å². The third kappa shape index (κ3) is 4.82. The van der Waals surface area contributed by atoms with Gasteiger partial charge in [-0.2, -0.15) is 13.2 Å². The molecule has 0 aromatic heterocycles. The van der Waals surface area contributed by atoms with Crippen molar-refractivity contribution in [2.24, 2.45) is 4.40 Å². The molecule has 0 bridgehead atoms. The van der Waals surface area contributed by atoms with Crippen LogP contribution in [0.3, 0.4) is 0 Å². The molecule has 152 valence electrons. The van der Waals surface area contributed by atoms with Crippen molar-refractivity contribution in [2.45, 2.75) is 38.6 Å². The molecule has 0 saturated heterocycles. The third-order valence-corrected chi connectivity index (χ3v) is 5.13. The minimum Gasteiger partial charge on any atom is -0.591 e. The molecule has 28 heavy (non-hydrogen) atoms. The number of nitrogens with zero attached hydrogens (tertiary/aromatic N) is 1. The number of phenols is 1. The molecule has 1 N–H and O–H groups in total. The highest BCUT2D eigenvalue weighted by molar-refractivity contribution is 7.91. The van der Waals surface area contributed by atoms with E-state index >= 15 is 0 Å². The molecule has 3 nitrogen and oxygen atoms in total. The summed E-state index contributed by atoms with van der Waals surface area (Å²) in [7, 11) is 0. The molecule has 0 spiro atoms. The molecule has 0 heterocycles. The summed E-state index contributed by atoms with van der Waals surface area (Å²) in [5, 5.41) is 10.0. The van der Waals surface area contributed by atoms with E-state index in [0.717, 1.165) is 24.4 Å². The van der Waals surface area contributed by atoms with Gasteiger partial charge in [-0.25, -0.2) is 8.78 Å². The average molecular weight is 419 g/mol. The Morgan fingerprint density at radius 1 is 1.07 bits per heavy atom. The Balaban J connectivity index is 2.71. The third-order valence-electron chi connectivity index (χ3n) is 3.79. The fourth-order valence-corrected chi connectivity index (χ4v) is 2.98. The van der Waals surface area contributed by atoms with Gasteiger partial charge in [0.05, 0.1) is 11.8 Å².